The Kier molecular flexibility index (Phi) is 2.83. The first-order chi connectivity index (χ1) is 9.22. The zero-order valence-corrected chi connectivity index (χ0v) is 10.1. The molecule has 2 aromatic rings. The van der Waals surface area contributed by atoms with Gasteiger partial charge < -0.3 is 4.42 Å². The molecule has 0 aliphatic carbocycles. The fourth-order valence-corrected chi connectivity index (χ4v) is 1.95. The Morgan fingerprint density at radius 1 is 1.16 bits per heavy atom. The van der Waals surface area contributed by atoms with Gasteiger partial charge >= 0.3 is 6.01 Å². The van der Waals surface area contributed by atoms with Gasteiger partial charge in [-0.1, -0.05) is 35.4 Å². The first-order valence-electron chi connectivity index (χ1n) is 5.91. The number of carbonyl (C=O) groups is 2. The van der Waals surface area contributed by atoms with Gasteiger partial charge in [-0.25, -0.2) is 0 Å². The molecule has 0 N–H and O–H groups in total. The molecule has 0 unspecified atom stereocenters. The van der Waals surface area contributed by atoms with Crippen LogP contribution in [0.25, 0.3) is 0 Å². The van der Waals surface area contributed by atoms with E-state index in [1.54, 1.807) is 0 Å². The van der Waals surface area contributed by atoms with E-state index >= 15 is 0 Å². The summed E-state index contributed by atoms with van der Waals surface area (Å²) in [5.74, 6) is 0.000990. The molecule has 2 heterocycles. The molecule has 1 saturated heterocycles. The van der Waals surface area contributed by atoms with Crippen molar-refractivity contribution >= 4 is 17.7 Å². The number of aromatic nitrogens is 2. The molecule has 1 aliphatic heterocycles. The molecule has 1 fully saturated rings. The molecule has 1 aromatic carbocycles. The lowest BCUT2D eigenvalue weighted by Gasteiger charge is -2.06. The third-order valence-electron chi connectivity index (χ3n) is 2.87. The number of benzene rings is 1. The van der Waals surface area contributed by atoms with Crippen LogP contribution in [0.1, 0.15) is 17.9 Å². The monoisotopic (exact) mass is 257 g/mol. The van der Waals surface area contributed by atoms with E-state index in [2.05, 4.69) is 10.2 Å². The zero-order valence-electron chi connectivity index (χ0n) is 10.1. The lowest BCUT2D eigenvalue weighted by atomic mass is 10.2. The van der Waals surface area contributed by atoms with Crippen LogP contribution in [0.5, 0.6) is 0 Å². The van der Waals surface area contributed by atoms with Gasteiger partial charge in [0, 0.05) is 0 Å². The third kappa shape index (κ3) is 2.37. The molecule has 0 radical (unpaired) electrons. The van der Waals surface area contributed by atoms with E-state index < -0.39 is 0 Å². The molecule has 3 rings (SSSR count). The highest BCUT2D eigenvalue weighted by molar-refractivity contribution is 6.14. The van der Waals surface area contributed by atoms with Crippen molar-refractivity contribution in [2.45, 2.75) is 12.8 Å². The molecule has 0 spiro atoms. The van der Waals surface area contributed by atoms with E-state index in [9.17, 15) is 9.59 Å². The van der Waals surface area contributed by atoms with E-state index in [0.717, 1.165) is 5.56 Å². The minimum Gasteiger partial charge on any atom is -0.407 e. The molecule has 1 aromatic heterocycles. The maximum atomic E-state index is 11.5. The fraction of sp³-hybridized carbons (Fsp3) is 0.231. The molecule has 0 saturated carbocycles. The van der Waals surface area contributed by atoms with Crippen molar-refractivity contribution in [2.75, 3.05) is 11.4 Å². The summed E-state index contributed by atoms with van der Waals surface area (Å²) >= 11 is 0. The molecule has 19 heavy (non-hydrogen) atoms. The SMILES string of the molecule is O=C1CC(=O)N(c2nnc(Cc3ccccc3)o2)C1. The van der Waals surface area contributed by atoms with Crippen molar-refractivity contribution in [1.29, 1.82) is 0 Å². The minimum atomic E-state index is -0.292. The Hall–Kier alpha value is -2.50. The number of carbonyl (C=O) groups excluding carboxylic acids is 2. The van der Waals surface area contributed by atoms with E-state index in [-0.39, 0.29) is 30.7 Å². The van der Waals surface area contributed by atoms with Crippen molar-refractivity contribution in [2.24, 2.45) is 0 Å². The van der Waals surface area contributed by atoms with Crippen LogP contribution in [0, 0.1) is 0 Å². The van der Waals surface area contributed by atoms with Crippen LogP contribution in [-0.4, -0.2) is 28.4 Å². The predicted octanol–water partition coefficient (Wildman–Crippen LogP) is 0.966. The average Bonchev–Trinajstić information content (AvgIpc) is 2.97. The molecular formula is C13H11N3O3. The maximum absolute atomic E-state index is 11.5. The summed E-state index contributed by atoms with van der Waals surface area (Å²) in [5.41, 5.74) is 1.04. The number of rotatable bonds is 3. The first kappa shape index (κ1) is 11.6. The highest BCUT2D eigenvalue weighted by Gasteiger charge is 2.32. The van der Waals surface area contributed by atoms with Crippen LogP contribution in [0.4, 0.5) is 6.01 Å². The standard InChI is InChI=1S/C13H11N3O3/c17-10-7-12(18)16(8-10)13-15-14-11(19-13)6-9-4-2-1-3-5-9/h1-5H,6-8H2. The van der Waals surface area contributed by atoms with Crippen LogP contribution >= 0.6 is 0 Å². The Morgan fingerprint density at radius 3 is 2.63 bits per heavy atom. The second-order valence-electron chi connectivity index (χ2n) is 4.34. The van der Waals surface area contributed by atoms with Crippen molar-refractivity contribution in [1.82, 2.24) is 10.2 Å². The van der Waals surface area contributed by atoms with Crippen LogP contribution in [0.2, 0.25) is 0 Å². The number of anilines is 1. The second kappa shape index (κ2) is 4.64. The van der Waals surface area contributed by atoms with Gasteiger partial charge in [0.1, 0.15) is 0 Å². The van der Waals surface area contributed by atoms with Gasteiger partial charge in [0.15, 0.2) is 5.78 Å². The van der Waals surface area contributed by atoms with Crippen LogP contribution in [-0.2, 0) is 16.0 Å². The fourth-order valence-electron chi connectivity index (χ4n) is 1.95. The Bertz CT molecular complexity index is 621. The highest BCUT2D eigenvalue weighted by atomic mass is 16.4. The topological polar surface area (TPSA) is 76.3 Å². The summed E-state index contributed by atoms with van der Waals surface area (Å²) in [6, 6.07) is 9.78. The van der Waals surface area contributed by atoms with E-state index in [4.69, 9.17) is 4.42 Å². The van der Waals surface area contributed by atoms with E-state index in [0.29, 0.717) is 12.3 Å². The molecule has 6 heteroatoms. The van der Waals surface area contributed by atoms with Crippen molar-refractivity contribution in [3.63, 3.8) is 0 Å². The summed E-state index contributed by atoms with van der Waals surface area (Å²) < 4.78 is 5.42. The second-order valence-corrected chi connectivity index (χ2v) is 4.34. The van der Waals surface area contributed by atoms with Gasteiger partial charge in [-0.3, -0.25) is 14.5 Å². The van der Waals surface area contributed by atoms with Gasteiger partial charge in [-0.2, -0.15) is 0 Å². The Balaban J connectivity index is 1.77. The molecule has 0 bridgehead atoms. The quantitative estimate of drug-likeness (QED) is 0.766. The normalized spacial score (nSPS) is 15.3. The zero-order chi connectivity index (χ0) is 13.2. The summed E-state index contributed by atoms with van der Waals surface area (Å²) in [7, 11) is 0. The van der Waals surface area contributed by atoms with E-state index in [1.807, 2.05) is 30.3 Å². The lowest BCUT2D eigenvalue weighted by Crippen LogP contribution is -2.24. The highest BCUT2D eigenvalue weighted by Crippen LogP contribution is 2.19. The first-order valence-corrected chi connectivity index (χ1v) is 5.91. The number of hydrogen-bond acceptors (Lipinski definition) is 5. The third-order valence-corrected chi connectivity index (χ3v) is 2.87. The minimum absolute atomic E-state index is 0.0196. The average molecular weight is 257 g/mol. The number of amides is 1. The van der Waals surface area contributed by atoms with Crippen molar-refractivity contribution in [3.05, 3.63) is 41.8 Å². The van der Waals surface area contributed by atoms with Gasteiger partial charge in [0.25, 0.3) is 0 Å². The Morgan fingerprint density at radius 2 is 1.95 bits per heavy atom. The van der Waals surface area contributed by atoms with Crippen molar-refractivity contribution < 1.29 is 14.0 Å². The van der Waals surface area contributed by atoms with Crippen molar-refractivity contribution in [3.8, 4) is 0 Å². The smallest absolute Gasteiger partial charge is 0.325 e. The van der Waals surface area contributed by atoms with Gasteiger partial charge in [0.2, 0.25) is 11.8 Å². The predicted molar refractivity (Wildman–Crippen MR) is 65.5 cm³/mol. The van der Waals surface area contributed by atoms with Gasteiger partial charge in [0.05, 0.1) is 19.4 Å². The van der Waals surface area contributed by atoms with Gasteiger partial charge in [-0.15, -0.1) is 5.10 Å². The van der Waals surface area contributed by atoms with E-state index in [1.165, 1.54) is 4.90 Å². The molecule has 1 aliphatic rings. The van der Waals surface area contributed by atoms with Crippen LogP contribution in [0.15, 0.2) is 34.7 Å². The summed E-state index contributed by atoms with van der Waals surface area (Å²) in [6.45, 7) is 0.0196. The molecule has 6 nitrogen and oxygen atoms in total. The maximum Gasteiger partial charge on any atom is 0.325 e. The number of nitrogens with zero attached hydrogens (tertiary/aromatic N) is 3. The summed E-state index contributed by atoms with van der Waals surface area (Å²) in [4.78, 5) is 23.9. The Labute approximate surface area is 109 Å². The molecule has 1 amide bonds. The summed E-state index contributed by atoms with van der Waals surface area (Å²) in [5, 5.41) is 7.71. The number of ketones is 1. The molecule has 96 valence electrons. The number of Topliss-reactive ketones (excluding diaryl/α,β-unsaturated/α-hetero) is 1. The van der Waals surface area contributed by atoms with Crippen LogP contribution < -0.4 is 4.90 Å². The molecular weight excluding hydrogens is 246 g/mol. The molecule has 0 atom stereocenters. The van der Waals surface area contributed by atoms with Gasteiger partial charge in [-0.05, 0) is 5.56 Å². The summed E-state index contributed by atoms with van der Waals surface area (Å²) in [6.07, 6.45) is 0.417. The van der Waals surface area contributed by atoms with Crippen LogP contribution in [0.3, 0.4) is 0 Å². The lowest BCUT2D eigenvalue weighted by molar-refractivity contribution is -0.121. The number of hydrogen-bond donors (Lipinski definition) is 0. The largest absolute Gasteiger partial charge is 0.407 e.